The molecular weight excluding hydrogens is 350 g/mol. The van der Waals surface area contributed by atoms with Gasteiger partial charge in [-0.1, -0.05) is 18.2 Å². The van der Waals surface area contributed by atoms with E-state index in [0.717, 1.165) is 0 Å². The van der Waals surface area contributed by atoms with Crippen molar-refractivity contribution in [1.29, 1.82) is 0 Å². The predicted molar refractivity (Wildman–Crippen MR) is 103 cm³/mol. The number of ether oxygens (including phenoxy) is 1. The maximum Gasteiger partial charge on any atom is 0.316 e. The second-order valence-corrected chi connectivity index (χ2v) is 10.5. The molecular formula is C20H27NO4S. The van der Waals surface area contributed by atoms with Crippen molar-refractivity contribution in [3.05, 3.63) is 54.9 Å². The van der Waals surface area contributed by atoms with Gasteiger partial charge in [0.25, 0.3) is 0 Å². The first-order valence-corrected chi connectivity index (χ1v) is 9.76. The van der Waals surface area contributed by atoms with Gasteiger partial charge in [0.1, 0.15) is 5.75 Å². The average Bonchev–Trinajstić information content (AvgIpc) is 2.55. The summed E-state index contributed by atoms with van der Waals surface area (Å²) in [5.41, 5.74) is -0.449. The normalized spacial score (nSPS) is 11.9. The Morgan fingerprint density at radius 3 is 1.92 bits per heavy atom. The lowest BCUT2D eigenvalue weighted by atomic mass is 9.97. The number of nitrogens with zero attached hydrogens (tertiary/aromatic N) is 1. The Morgan fingerprint density at radius 1 is 0.923 bits per heavy atom. The van der Waals surface area contributed by atoms with Gasteiger partial charge in [0.15, 0.2) is 9.84 Å². The van der Waals surface area contributed by atoms with E-state index in [1.165, 1.54) is 6.20 Å². The topological polar surface area (TPSA) is 73.3 Å². The summed E-state index contributed by atoms with van der Waals surface area (Å²) in [6, 6.07) is 12.3. The van der Waals surface area contributed by atoms with E-state index < -0.39 is 20.0 Å². The number of hydrogen-bond donors (Lipinski definition) is 0. The number of esters is 1. The van der Waals surface area contributed by atoms with Crippen molar-refractivity contribution in [1.82, 2.24) is 4.98 Å². The second kappa shape index (κ2) is 8.45. The molecule has 1 aromatic heterocycles. The van der Waals surface area contributed by atoms with E-state index >= 15 is 0 Å². The minimum atomic E-state index is -3.24. The summed E-state index contributed by atoms with van der Waals surface area (Å²) >= 11 is 0. The highest BCUT2D eigenvalue weighted by Gasteiger charge is 2.30. The summed E-state index contributed by atoms with van der Waals surface area (Å²) in [6.45, 7) is 10.5. The molecule has 0 aliphatic carbocycles. The molecule has 0 unspecified atom stereocenters. The van der Waals surface area contributed by atoms with E-state index in [9.17, 15) is 13.2 Å². The van der Waals surface area contributed by atoms with Gasteiger partial charge < -0.3 is 4.74 Å². The summed E-state index contributed by atoms with van der Waals surface area (Å²) in [6.07, 6.45) is 2.93. The molecule has 0 spiro atoms. The Hall–Kier alpha value is -2.21. The Balaban J connectivity index is 0.000000260. The van der Waals surface area contributed by atoms with Gasteiger partial charge in [-0.15, -0.1) is 0 Å². The van der Waals surface area contributed by atoms with E-state index in [4.69, 9.17) is 4.74 Å². The van der Waals surface area contributed by atoms with E-state index in [2.05, 4.69) is 4.98 Å². The van der Waals surface area contributed by atoms with Crippen molar-refractivity contribution < 1.29 is 17.9 Å². The maximum atomic E-state index is 11.8. The molecule has 5 nitrogen and oxygen atoms in total. The molecule has 0 amide bonds. The van der Waals surface area contributed by atoms with Crippen LogP contribution in [0.1, 0.15) is 41.5 Å². The van der Waals surface area contributed by atoms with Crippen molar-refractivity contribution in [2.24, 2.45) is 5.41 Å². The molecule has 2 rings (SSSR count). The Kier molecular flexibility index (Phi) is 7.09. The lowest BCUT2D eigenvalue weighted by Crippen LogP contribution is -2.27. The van der Waals surface area contributed by atoms with Crippen molar-refractivity contribution in [3.8, 4) is 5.75 Å². The number of para-hydroxylation sites is 1. The second-order valence-electron chi connectivity index (χ2n) is 7.76. The van der Waals surface area contributed by atoms with Crippen LogP contribution >= 0.6 is 0 Å². The number of benzene rings is 1. The first-order valence-electron chi connectivity index (χ1n) is 8.28. The summed E-state index contributed by atoms with van der Waals surface area (Å²) in [5, 5.41) is 0. The van der Waals surface area contributed by atoms with Crippen LogP contribution in [0.5, 0.6) is 5.75 Å². The first-order chi connectivity index (χ1) is 11.9. The number of carbonyl (C=O) groups is 1. The van der Waals surface area contributed by atoms with Gasteiger partial charge in [-0.3, -0.25) is 9.78 Å². The number of pyridine rings is 1. The lowest BCUT2D eigenvalue weighted by molar-refractivity contribution is -0.142. The molecule has 0 atom stereocenters. The summed E-state index contributed by atoms with van der Waals surface area (Å²) in [4.78, 5) is 15.5. The molecule has 0 aliphatic rings. The molecule has 6 heteroatoms. The number of rotatable bonds is 2. The molecule has 26 heavy (non-hydrogen) atoms. The molecule has 0 aliphatic heterocycles. The molecule has 0 saturated heterocycles. The van der Waals surface area contributed by atoms with Crippen LogP contribution < -0.4 is 4.74 Å². The third-order valence-corrected chi connectivity index (χ3v) is 5.79. The van der Waals surface area contributed by atoms with E-state index in [0.29, 0.717) is 5.75 Å². The fourth-order valence-electron chi connectivity index (χ4n) is 1.61. The zero-order valence-electron chi connectivity index (χ0n) is 16.2. The van der Waals surface area contributed by atoms with Crippen LogP contribution in [0.4, 0.5) is 0 Å². The van der Waals surface area contributed by atoms with Gasteiger partial charge in [-0.25, -0.2) is 8.42 Å². The molecule has 2 aromatic rings. The average molecular weight is 378 g/mol. The van der Waals surface area contributed by atoms with Crippen LogP contribution in [0.3, 0.4) is 0 Å². The molecule has 1 aromatic carbocycles. The Labute approximate surface area is 156 Å². The molecule has 0 N–H and O–H groups in total. The van der Waals surface area contributed by atoms with Gasteiger partial charge in [-0.05, 0) is 65.8 Å². The van der Waals surface area contributed by atoms with Gasteiger partial charge >= 0.3 is 5.97 Å². The van der Waals surface area contributed by atoms with Crippen molar-refractivity contribution >= 4 is 15.8 Å². The van der Waals surface area contributed by atoms with E-state index in [1.54, 1.807) is 51.2 Å². The van der Waals surface area contributed by atoms with Gasteiger partial charge in [-0.2, -0.15) is 0 Å². The first kappa shape index (κ1) is 21.8. The third kappa shape index (κ3) is 6.26. The summed E-state index contributed by atoms with van der Waals surface area (Å²) in [5.74, 6) is 0.390. The maximum absolute atomic E-state index is 11.8. The van der Waals surface area contributed by atoms with Crippen LogP contribution in [-0.2, 0) is 14.6 Å². The van der Waals surface area contributed by atoms with Crippen LogP contribution in [0.2, 0.25) is 0 Å². The third-order valence-electron chi connectivity index (χ3n) is 3.32. The van der Waals surface area contributed by atoms with Gasteiger partial charge in [0, 0.05) is 12.4 Å². The quantitative estimate of drug-likeness (QED) is 0.576. The Bertz CT molecular complexity index is 802. The Morgan fingerprint density at radius 2 is 1.50 bits per heavy atom. The van der Waals surface area contributed by atoms with Crippen LogP contribution in [-0.4, -0.2) is 24.1 Å². The number of aromatic nitrogens is 1. The van der Waals surface area contributed by atoms with Crippen LogP contribution in [0, 0.1) is 5.41 Å². The highest BCUT2D eigenvalue weighted by atomic mass is 32.2. The van der Waals surface area contributed by atoms with Crippen molar-refractivity contribution in [2.45, 2.75) is 51.2 Å². The van der Waals surface area contributed by atoms with Gasteiger partial charge in [0.2, 0.25) is 0 Å². The number of sulfone groups is 1. The molecule has 0 bridgehead atoms. The lowest BCUT2D eigenvalue weighted by Gasteiger charge is -2.18. The highest BCUT2D eigenvalue weighted by Crippen LogP contribution is 2.23. The van der Waals surface area contributed by atoms with Crippen molar-refractivity contribution in [3.63, 3.8) is 0 Å². The molecule has 0 fully saturated rings. The summed E-state index contributed by atoms with van der Waals surface area (Å²) < 4.78 is 28.0. The predicted octanol–water partition coefficient (Wildman–Crippen LogP) is 4.29. The van der Waals surface area contributed by atoms with E-state index in [-0.39, 0.29) is 10.9 Å². The van der Waals surface area contributed by atoms with Crippen LogP contribution in [0.25, 0.3) is 0 Å². The van der Waals surface area contributed by atoms with E-state index in [1.807, 2.05) is 39.0 Å². The number of hydrogen-bond acceptors (Lipinski definition) is 5. The zero-order chi connectivity index (χ0) is 20.0. The monoisotopic (exact) mass is 377 g/mol. The highest BCUT2D eigenvalue weighted by molar-refractivity contribution is 7.92. The molecule has 1 heterocycles. The SMILES string of the molecule is CC(C)(C)C(=O)Oc1ccccc1.CC(C)(C)S(=O)(=O)c1cccnc1. The molecule has 142 valence electrons. The smallest absolute Gasteiger partial charge is 0.316 e. The standard InChI is InChI=1S/C11H14O2.C9H13NO2S/c1-11(2,3)10(12)13-9-7-5-4-6-8-9;1-9(2,3)13(11,12)8-5-4-6-10-7-8/h4-8H,1-3H3;4-7H,1-3H3. The fourth-order valence-corrected chi connectivity index (χ4v) is 2.77. The summed E-state index contributed by atoms with van der Waals surface area (Å²) in [7, 11) is -3.24. The van der Waals surface area contributed by atoms with Crippen molar-refractivity contribution in [2.75, 3.05) is 0 Å². The minimum Gasteiger partial charge on any atom is -0.426 e. The zero-order valence-corrected chi connectivity index (χ0v) is 17.0. The molecule has 0 radical (unpaired) electrons. The number of carbonyl (C=O) groups excluding carboxylic acids is 1. The molecule has 0 saturated carbocycles. The van der Waals surface area contributed by atoms with Crippen LogP contribution in [0.15, 0.2) is 59.8 Å². The minimum absolute atomic E-state index is 0.210. The largest absolute Gasteiger partial charge is 0.426 e. The fraction of sp³-hybridized carbons (Fsp3) is 0.400. The van der Waals surface area contributed by atoms with Gasteiger partial charge in [0.05, 0.1) is 15.1 Å².